The molecule has 25 heavy (non-hydrogen) atoms. The summed E-state index contributed by atoms with van der Waals surface area (Å²) in [6.45, 7) is 10.8. The molecule has 3 heterocycles. The number of aromatic nitrogens is 2. The van der Waals surface area contributed by atoms with Gasteiger partial charge in [-0.15, -0.1) is 0 Å². The second-order valence-electron chi connectivity index (χ2n) is 7.57. The average Bonchev–Trinajstić information content (AvgIpc) is 3.01. The molecule has 1 fully saturated rings. The van der Waals surface area contributed by atoms with Gasteiger partial charge in [-0.1, -0.05) is 27.2 Å². The molecule has 1 saturated heterocycles. The van der Waals surface area contributed by atoms with E-state index in [1.165, 1.54) is 11.3 Å². The van der Waals surface area contributed by atoms with Crippen LogP contribution < -0.4 is 5.32 Å². The molecule has 0 bridgehead atoms. The first-order valence-electron chi connectivity index (χ1n) is 9.44. The van der Waals surface area contributed by atoms with Gasteiger partial charge in [-0.2, -0.15) is 0 Å². The number of imidazole rings is 1. The molecule has 2 aromatic rings. The molecule has 2 unspecified atom stereocenters. The maximum atomic E-state index is 12.3. The lowest BCUT2D eigenvalue weighted by Crippen LogP contribution is -2.51. The van der Waals surface area contributed by atoms with Gasteiger partial charge in [0.05, 0.1) is 11.9 Å². The van der Waals surface area contributed by atoms with E-state index in [0.29, 0.717) is 12.0 Å². The Hall–Kier alpha value is -1.88. The molecule has 1 N–H and O–H groups in total. The Balaban J connectivity index is 1.63. The van der Waals surface area contributed by atoms with Gasteiger partial charge in [-0.3, -0.25) is 4.79 Å². The molecule has 5 heteroatoms. The van der Waals surface area contributed by atoms with Crippen molar-refractivity contribution < 1.29 is 4.79 Å². The van der Waals surface area contributed by atoms with Gasteiger partial charge in [0.25, 0.3) is 0 Å². The van der Waals surface area contributed by atoms with E-state index in [1.807, 2.05) is 24.9 Å². The number of hydrogen-bond acceptors (Lipinski definition) is 3. The standard InChI is InChI=1S/C20H30N4O/c1-5-16-13-23(20(25)14(2)3)8-7-18(16)21-11-17-12-22-19-10-15(4)6-9-24(17)19/h6,9-10,12,14,16,18,21H,5,7-8,11,13H2,1-4H3. The quantitative estimate of drug-likeness (QED) is 0.909. The summed E-state index contributed by atoms with van der Waals surface area (Å²) in [4.78, 5) is 18.8. The highest BCUT2D eigenvalue weighted by Crippen LogP contribution is 2.22. The van der Waals surface area contributed by atoms with Gasteiger partial charge < -0.3 is 14.6 Å². The molecule has 0 saturated carbocycles. The largest absolute Gasteiger partial charge is 0.342 e. The highest BCUT2D eigenvalue weighted by Gasteiger charge is 2.30. The number of piperidine rings is 1. The predicted molar refractivity (Wildman–Crippen MR) is 100 cm³/mol. The van der Waals surface area contributed by atoms with E-state index in [1.54, 1.807) is 0 Å². The van der Waals surface area contributed by atoms with E-state index in [2.05, 4.69) is 46.9 Å². The zero-order chi connectivity index (χ0) is 18.0. The zero-order valence-corrected chi connectivity index (χ0v) is 15.8. The molecule has 2 aromatic heterocycles. The van der Waals surface area contributed by atoms with Crippen molar-refractivity contribution in [2.24, 2.45) is 11.8 Å². The van der Waals surface area contributed by atoms with Crippen molar-refractivity contribution in [2.75, 3.05) is 13.1 Å². The predicted octanol–water partition coefficient (Wildman–Crippen LogP) is 3.02. The van der Waals surface area contributed by atoms with Gasteiger partial charge in [-0.05, 0) is 37.0 Å². The number of carbonyl (C=O) groups excluding carboxylic acids is 1. The van der Waals surface area contributed by atoms with E-state index in [-0.39, 0.29) is 11.8 Å². The van der Waals surface area contributed by atoms with Crippen LogP contribution in [0.4, 0.5) is 0 Å². The smallest absolute Gasteiger partial charge is 0.225 e. The van der Waals surface area contributed by atoms with Gasteiger partial charge in [0.1, 0.15) is 5.65 Å². The van der Waals surface area contributed by atoms with Gasteiger partial charge in [0.15, 0.2) is 0 Å². The number of nitrogens with zero attached hydrogens (tertiary/aromatic N) is 3. The molecule has 1 aliphatic heterocycles. The number of amides is 1. The van der Waals surface area contributed by atoms with Crippen LogP contribution in [0.3, 0.4) is 0 Å². The van der Waals surface area contributed by atoms with E-state index < -0.39 is 0 Å². The van der Waals surface area contributed by atoms with E-state index in [9.17, 15) is 4.79 Å². The van der Waals surface area contributed by atoms with Gasteiger partial charge in [0.2, 0.25) is 5.91 Å². The summed E-state index contributed by atoms with van der Waals surface area (Å²) in [6.07, 6.45) is 6.16. The molecular formula is C20H30N4O. The summed E-state index contributed by atoms with van der Waals surface area (Å²) in [7, 11) is 0. The van der Waals surface area contributed by atoms with Crippen LogP contribution in [0.15, 0.2) is 24.5 Å². The average molecular weight is 342 g/mol. The molecule has 0 radical (unpaired) electrons. The minimum Gasteiger partial charge on any atom is -0.342 e. The molecule has 5 nitrogen and oxygen atoms in total. The topological polar surface area (TPSA) is 49.6 Å². The lowest BCUT2D eigenvalue weighted by atomic mass is 9.89. The Morgan fingerprint density at radius 3 is 2.96 bits per heavy atom. The number of hydrogen-bond donors (Lipinski definition) is 1. The lowest BCUT2D eigenvalue weighted by Gasteiger charge is -2.39. The number of aryl methyl sites for hydroxylation is 1. The third-order valence-electron chi connectivity index (χ3n) is 5.35. The van der Waals surface area contributed by atoms with Crippen LogP contribution in [-0.2, 0) is 11.3 Å². The van der Waals surface area contributed by atoms with Crippen molar-refractivity contribution >= 4 is 11.6 Å². The summed E-state index contributed by atoms with van der Waals surface area (Å²) in [5, 5.41) is 3.72. The van der Waals surface area contributed by atoms with Gasteiger partial charge in [0, 0.05) is 37.8 Å². The van der Waals surface area contributed by atoms with Crippen LogP contribution in [0.25, 0.3) is 5.65 Å². The number of carbonyl (C=O) groups is 1. The monoisotopic (exact) mass is 342 g/mol. The first-order valence-corrected chi connectivity index (χ1v) is 9.44. The number of likely N-dealkylation sites (tertiary alicyclic amines) is 1. The SMILES string of the molecule is CCC1CN(C(=O)C(C)C)CCC1NCc1cnc2cc(C)ccn12. The number of fused-ring (bicyclic) bond motifs is 1. The summed E-state index contributed by atoms with van der Waals surface area (Å²) in [6, 6.07) is 4.68. The minimum absolute atomic E-state index is 0.0867. The summed E-state index contributed by atoms with van der Waals surface area (Å²) in [5.41, 5.74) is 3.41. The molecule has 0 aromatic carbocycles. The van der Waals surface area contributed by atoms with Crippen molar-refractivity contribution in [3.8, 4) is 0 Å². The summed E-state index contributed by atoms with van der Waals surface area (Å²) in [5.74, 6) is 0.885. The summed E-state index contributed by atoms with van der Waals surface area (Å²) >= 11 is 0. The Morgan fingerprint density at radius 1 is 1.44 bits per heavy atom. The van der Waals surface area contributed by atoms with E-state index in [4.69, 9.17) is 0 Å². The van der Waals surface area contributed by atoms with Gasteiger partial charge in [-0.25, -0.2) is 4.98 Å². The Labute approximate surface area is 150 Å². The van der Waals surface area contributed by atoms with Crippen molar-refractivity contribution in [3.63, 3.8) is 0 Å². The van der Waals surface area contributed by atoms with E-state index in [0.717, 1.165) is 38.1 Å². The van der Waals surface area contributed by atoms with Crippen LogP contribution in [0.1, 0.15) is 44.9 Å². The van der Waals surface area contributed by atoms with Crippen LogP contribution in [0, 0.1) is 18.8 Å². The molecule has 2 atom stereocenters. The molecule has 0 spiro atoms. The van der Waals surface area contributed by atoms with Gasteiger partial charge >= 0.3 is 0 Å². The van der Waals surface area contributed by atoms with Crippen LogP contribution in [0.2, 0.25) is 0 Å². The molecule has 3 rings (SSSR count). The number of rotatable bonds is 5. The third-order valence-corrected chi connectivity index (χ3v) is 5.35. The maximum Gasteiger partial charge on any atom is 0.225 e. The van der Waals surface area contributed by atoms with Crippen LogP contribution >= 0.6 is 0 Å². The number of nitrogens with one attached hydrogen (secondary N) is 1. The van der Waals surface area contributed by atoms with Crippen molar-refractivity contribution in [1.29, 1.82) is 0 Å². The second kappa shape index (κ2) is 7.56. The normalized spacial score (nSPS) is 21.2. The molecular weight excluding hydrogens is 312 g/mol. The van der Waals surface area contributed by atoms with Crippen LogP contribution in [0.5, 0.6) is 0 Å². The Morgan fingerprint density at radius 2 is 2.24 bits per heavy atom. The first-order chi connectivity index (χ1) is 12.0. The molecule has 1 amide bonds. The second-order valence-corrected chi connectivity index (χ2v) is 7.57. The minimum atomic E-state index is 0.0867. The van der Waals surface area contributed by atoms with Crippen molar-refractivity contribution in [2.45, 2.75) is 53.1 Å². The fourth-order valence-corrected chi connectivity index (χ4v) is 3.78. The van der Waals surface area contributed by atoms with Crippen molar-refractivity contribution in [3.05, 3.63) is 35.8 Å². The first kappa shape index (κ1) is 17.9. The van der Waals surface area contributed by atoms with Crippen LogP contribution in [-0.4, -0.2) is 39.3 Å². The molecule has 0 aliphatic carbocycles. The number of pyridine rings is 1. The van der Waals surface area contributed by atoms with Crippen molar-refractivity contribution in [1.82, 2.24) is 19.6 Å². The summed E-state index contributed by atoms with van der Waals surface area (Å²) < 4.78 is 2.15. The molecule has 136 valence electrons. The zero-order valence-electron chi connectivity index (χ0n) is 15.8. The maximum absolute atomic E-state index is 12.3. The lowest BCUT2D eigenvalue weighted by molar-refractivity contribution is -0.136. The Kier molecular flexibility index (Phi) is 5.42. The molecule has 1 aliphatic rings. The third kappa shape index (κ3) is 3.87. The fourth-order valence-electron chi connectivity index (χ4n) is 3.78. The Bertz CT molecular complexity index is 736. The highest BCUT2D eigenvalue weighted by molar-refractivity contribution is 5.78. The fraction of sp³-hybridized carbons (Fsp3) is 0.600. The van der Waals surface area contributed by atoms with E-state index >= 15 is 0 Å². The highest BCUT2D eigenvalue weighted by atomic mass is 16.2.